The minimum atomic E-state index is -0.503. The summed E-state index contributed by atoms with van der Waals surface area (Å²) in [5, 5.41) is 17.7. The summed E-state index contributed by atoms with van der Waals surface area (Å²) in [4.78, 5) is 21.1. The normalized spacial score (nSPS) is 9.70. The van der Waals surface area contributed by atoms with Crippen LogP contribution in [-0.4, -0.2) is 10.2 Å². The molecule has 0 aliphatic carbocycles. The van der Waals surface area contributed by atoms with E-state index in [1.165, 1.54) is 12.1 Å². The van der Waals surface area contributed by atoms with Gasteiger partial charge >= 0.3 is 11.3 Å². The molecule has 0 fully saturated rings. The predicted octanol–water partition coefficient (Wildman–Crippen LogP) is 1.82. The van der Waals surface area contributed by atoms with Crippen LogP contribution in [0.15, 0.2) is 42.7 Å². The zero-order valence-corrected chi connectivity index (χ0v) is 11.3. The maximum Gasteiger partial charge on any atom is 0.339 e. The van der Waals surface area contributed by atoms with E-state index in [1.54, 1.807) is 0 Å². The molecule has 0 aliphatic rings. The predicted molar refractivity (Wildman–Crippen MR) is 72.0 cm³/mol. The fourth-order valence-electron chi connectivity index (χ4n) is 1.38. The molecule has 108 valence electrons. The molecule has 2 heterocycles. The lowest BCUT2D eigenvalue weighted by molar-refractivity contribution is 0.425. The monoisotopic (exact) mass is 280 g/mol. The molecular formula is C14H16O6. The minimum Gasteiger partial charge on any atom is -0.508 e. The molecule has 0 bridgehead atoms. The Labute approximate surface area is 114 Å². The Morgan fingerprint density at radius 2 is 1.15 bits per heavy atom. The minimum absolute atomic E-state index is 0.0342. The van der Waals surface area contributed by atoms with E-state index in [-0.39, 0.29) is 11.5 Å². The van der Waals surface area contributed by atoms with Gasteiger partial charge in [-0.05, 0) is 0 Å². The Bertz CT molecular complexity index is 608. The number of hydrogen-bond acceptors (Lipinski definition) is 6. The molecule has 20 heavy (non-hydrogen) atoms. The van der Waals surface area contributed by atoms with E-state index < -0.39 is 11.3 Å². The zero-order chi connectivity index (χ0) is 15.1. The van der Waals surface area contributed by atoms with Gasteiger partial charge in [-0.1, -0.05) is 13.8 Å². The molecule has 0 radical (unpaired) electrons. The third-order valence-corrected chi connectivity index (χ3v) is 2.31. The first-order valence-electron chi connectivity index (χ1n) is 6.10. The highest BCUT2D eigenvalue weighted by atomic mass is 16.4. The van der Waals surface area contributed by atoms with Gasteiger partial charge in [0.05, 0.1) is 12.1 Å². The largest absolute Gasteiger partial charge is 0.508 e. The third-order valence-electron chi connectivity index (χ3n) is 2.31. The van der Waals surface area contributed by atoms with Crippen molar-refractivity contribution in [1.29, 1.82) is 0 Å². The van der Waals surface area contributed by atoms with Crippen molar-refractivity contribution < 1.29 is 19.0 Å². The standard InChI is InChI=1S/2C7H8O3/c2*1-2-6-3-5(8)4-7(9)10-6/h2*3-4,8H,2H2,1H3. The molecule has 0 saturated carbocycles. The van der Waals surface area contributed by atoms with Gasteiger partial charge in [0.25, 0.3) is 0 Å². The van der Waals surface area contributed by atoms with E-state index in [4.69, 9.17) is 19.0 Å². The van der Waals surface area contributed by atoms with E-state index in [0.29, 0.717) is 24.4 Å². The van der Waals surface area contributed by atoms with Crippen LogP contribution in [0.4, 0.5) is 0 Å². The number of hydrogen-bond donors (Lipinski definition) is 2. The molecule has 0 aromatic carbocycles. The van der Waals surface area contributed by atoms with Gasteiger partial charge in [-0.25, -0.2) is 9.59 Å². The molecule has 0 unspecified atom stereocenters. The quantitative estimate of drug-likeness (QED) is 0.870. The molecule has 2 rings (SSSR count). The Kier molecular flexibility index (Phi) is 5.58. The van der Waals surface area contributed by atoms with Crippen LogP contribution in [-0.2, 0) is 12.8 Å². The van der Waals surface area contributed by atoms with Gasteiger partial charge < -0.3 is 19.0 Å². The van der Waals surface area contributed by atoms with Gasteiger partial charge in [-0.2, -0.15) is 0 Å². The lowest BCUT2D eigenvalue weighted by atomic mass is 10.3. The maximum absolute atomic E-state index is 10.5. The first kappa shape index (κ1) is 15.6. The second-order valence-electron chi connectivity index (χ2n) is 3.91. The van der Waals surface area contributed by atoms with Crippen LogP contribution in [0.25, 0.3) is 0 Å². The van der Waals surface area contributed by atoms with Crippen molar-refractivity contribution in [3.8, 4) is 11.5 Å². The van der Waals surface area contributed by atoms with Crippen LogP contribution in [0, 0.1) is 0 Å². The highest BCUT2D eigenvalue weighted by molar-refractivity contribution is 5.18. The van der Waals surface area contributed by atoms with Gasteiger partial charge in [-0.15, -0.1) is 0 Å². The van der Waals surface area contributed by atoms with E-state index >= 15 is 0 Å². The first-order chi connectivity index (χ1) is 9.44. The summed E-state index contributed by atoms with van der Waals surface area (Å²) < 4.78 is 9.38. The van der Waals surface area contributed by atoms with E-state index in [9.17, 15) is 9.59 Å². The highest BCUT2D eigenvalue weighted by Crippen LogP contribution is 2.07. The van der Waals surface area contributed by atoms with Gasteiger partial charge in [0, 0.05) is 25.0 Å². The summed E-state index contributed by atoms with van der Waals surface area (Å²) in [6, 6.07) is 4.95. The van der Waals surface area contributed by atoms with Crippen molar-refractivity contribution in [1.82, 2.24) is 0 Å². The van der Waals surface area contributed by atoms with E-state index in [1.807, 2.05) is 13.8 Å². The average Bonchev–Trinajstić information content (AvgIpc) is 2.37. The van der Waals surface area contributed by atoms with Crippen LogP contribution in [0.2, 0.25) is 0 Å². The van der Waals surface area contributed by atoms with Crippen molar-refractivity contribution in [2.45, 2.75) is 26.7 Å². The Hall–Kier alpha value is -2.50. The second-order valence-corrected chi connectivity index (χ2v) is 3.91. The molecule has 0 amide bonds. The van der Waals surface area contributed by atoms with E-state index in [2.05, 4.69) is 0 Å². The van der Waals surface area contributed by atoms with Gasteiger partial charge in [0.2, 0.25) is 0 Å². The van der Waals surface area contributed by atoms with Crippen molar-refractivity contribution in [3.63, 3.8) is 0 Å². The molecular weight excluding hydrogens is 264 g/mol. The lowest BCUT2D eigenvalue weighted by Crippen LogP contribution is -1.97. The SMILES string of the molecule is CCc1cc(O)cc(=O)o1.CCc1cc(O)cc(=O)o1. The molecule has 0 saturated heterocycles. The van der Waals surface area contributed by atoms with Crippen molar-refractivity contribution in [2.75, 3.05) is 0 Å². The summed E-state index contributed by atoms with van der Waals surface area (Å²) in [5.74, 6) is 0.941. The van der Waals surface area contributed by atoms with Crippen molar-refractivity contribution >= 4 is 0 Å². The molecule has 2 N–H and O–H groups in total. The highest BCUT2D eigenvalue weighted by Gasteiger charge is 1.96. The Balaban J connectivity index is 0.000000200. The molecule has 0 spiro atoms. The maximum atomic E-state index is 10.5. The van der Waals surface area contributed by atoms with Crippen LogP contribution >= 0.6 is 0 Å². The van der Waals surface area contributed by atoms with Gasteiger partial charge in [0.1, 0.15) is 23.0 Å². The third kappa shape index (κ3) is 5.01. The van der Waals surface area contributed by atoms with Crippen LogP contribution in [0.5, 0.6) is 11.5 Å². The van der Waals surface area contributed by atoms with Crippen molar-refractivity contribution in [2.24, 2.45) is 0 Å². The summed E-state index contributed by atoms with van der Waals surface area (Å²) in [6.07, 6.45) is 1.23. The molecule has 2 aromatic rings. The summed E-state index contributed by atoms with van der Waals surface area (Å²) in [5.41, 5.74) is -1.01. The van der Waals surface area contributed by atoms with Crippen LogP contribution in [0.3, 0.4) is 0 Å². The van der Waals surface area contributed by atoms with Gasteiger partial charge in [-0.3, -0.25) is 0 Å². The summed E-state index contributed by atoms with van der Waals surface area (Å²) >= 11 is 0. The molecule has 0 aliphatic heterocycles. The molecule has 6 nitrogen and oxygen atoms in total. The Morgan fingerprint density at radius 3 is 1.40 bits per heavy atom. The average molecular weight is 280 g/mol. The number of aromatic hydroxyl groups is 2. The van der Waals surface area contributed by atoms with Gasteiger partial charge in [0.15, 0.2) is 0 Å². The van der Waals surface area contributed by atoms with Crippen LogP contribution in [0.1, 0.15) is 25.4 Å². The van der Waals surface area contributed by atoms with E-state index in [0.717, 1.165) is 12.1 Å². The molecule has 0 atom stereocenters. The fraction of sp³-hybridized carbons (Fsp3) is 0.286. The zero-order valence-electron chi connectivity index (χ0n) is 11.3. The first-order valence-corrected chi connectivity index (χ1v) is 6.10. The molecule has 2 aromatic heterocycles. The summed E-state index contributed by atoms with van der Waals surface area (Å²) in [6.45, 7) is 3.69. The lowest BCUT2D eigenvalue weighted by Gasteiger charge is -1.93. The fourth-order valence-corrected chi connectivity index (χ4v) is 1.38. The smallest absolute Gasteiger partial charge is 0.339 e. The summed E-state index contributed by atoms with van der Waals surface area (Å²) in [7, 11) is 0. The van der Waals surface area contributed by atoms with Crippen LogP contribution < -0.4 is 11.3 Å². The number of aryl methyl sites for hydroxylation is 2. The second kappa shape index (κ2) is 7.18. The Morgan fingerprint density at radius 1 is 0.800 bits per heavy atom. The molecule has 6 heteroatoms. The number of rotatable bonds is 2. The van der Waals surface area contributed by atoms with Crippen molar-refractivity contribution in [3.05, 3.63) is 56.6 Å². The topological polar surface area (TPSA) is 101 Å².